The van der Waals surface area contributed by atoms with Gasteiger partial charge in [-0.15, -0.1) is 0 Å². The van der Waals surface area contributed by atoms with E-state index in [1.165, 1.54) is 5.56 Å². The van der Waals surface area contributed by atoms with E-state index in [0.717, 1.165) is 22.2 Å². The first kappa shape index (κ1) is 14.4. The van der Waals surface area contributed by atoms with Gasteiger partial charge in [-0.05, 0) is 48.2 Å². The van der Waals surface area contributed by atoms with Gasteiger partial charge in [-0.1, -0.05) is 38.1 Å². The minimum absolute atomic E-state index is 0.230. The summed E-state index contributed by atoms with van der Waals surface area (Å²) in [6.07, 6.45) is 0. The normalized spacial score (nSPS) is 11.1. The Morgan fingerprint density at radius 1 is 1.05 bits per heavy atom. The molecule has 0 aliphatic rings. The number of furan rings is 1. The summed E-state index contributed by atoms with van der Waals surface area (Å²) in [6.45, 7) is 6.28. The summed E-state index contributed by atoms with van der Waals surface area (Å²) in [5, 5.41) is 3.80. The first-order valence-corrected chi connectivity index (χ1v) is 7.44. The summed E-state index contributed by atoms with van der Waals surface area (Å²) in [5.41, 5.74) is 3.86. The van der Waals surface area contributed by atoms with E-state index in [1.54, 1.807) is 6.07 Å². The molecule has 0 aliphatic carbocycles. The van der Waals surface area contributed by atoms with E-state index < -0.39 is 0 Å². The molecule has 3 heteroatoms. The predicted octanol–water partition coefficient (Wildman–Crippen LogP) is 5.12. The summed E-state index contributed by atoms with van der Waals surface area (Å²) >= 11 is 0. The monoisotopic (exact) mass is 293 g/mol. The van der Waals surface area contributed by atoms with Gasteiger partial charge in [-0.2, -0.15) is 0 Å². The van der Waals surface area contributed by atoms with Crippen LogP contribution in [0.25, 0.3) is 11.0 Å². The number of carbonyl (C=O) groups is 1. The molecule has 112 valence electrons. The van der Waals surface area contributed by atoms with Crippen molar-refractivity contribution >= 4 is 22.6 Å². The van der Waals surface area contributed by atoms with Gasteiger partial charge < -0.3 is 9.73 Å². The summed E-state index contributed by atoms with van der Waals surface area (Å²) < 4.78 is 5.63. The van der Waals surface area contributed by atoms with Crippen LogP contribution in [0.3, 0.4) is 0 Å². The molecule has 0 saturated heterocycles. The lowest BCUT2D eigenvalue weighted by atomic mass is 10.0. The third-order valence-electron chi connectivity index (χ3n) is 3.73. The van der Waals surface area contributed by atoms with Gasteiger partial charge in [0, 0.05) is 11.1 Å². The molecular formula is C19H19NO2. The van der Waals surface area contributed by atoms with Crippen LogP contribution in [0.4, 0.5) is 5.69 Å². The highest BCUT2D eigenvalue weighted by atomic mass is 16.3. The minimum atomic E-state index is -0.230. The second kappa shape index (κ2) is 5.68. The number of benzene rings is 2. The molecule has 0 unspecified atom stereocenters. The molecule has 3 rings (SSSR count). The zero-order valence-corrected chi connectivity index (χ0v) is 13.0. The van der Waals surface area contributed by atoms with Crippen molar-refractivity contribution < 1.29 is 9.21 Å². The molecule has 0 radical (unpaired) electrons. The summed E-state index contributed by atoms with van der Waals surface area (Å²) in [5.74, 6) is 0.572. The molecule has 0 fully saturated rings. The van der Waals surface area contributed by atoms with Crippen LogP contribution in [-0.2, 0) is 0 Å². The molecule has 22 heavy (non-hydrogen) atoms. The van der Waals surface area contributed by atoms with Crippen LogP contribution < -0.4 is 5.32 Å². The minimum Gasteiger partial charge on any atom is -0.451 e. The maximum absolute atomic E-state index is 12.3. The fourth-order valence-electron chi connectivity index (χ4n) is 2.39. The van der Waals surface area contributed by atoms with Crippen LogP contribution in [0.5, 0.6) is 0 Å². The van der Waals surface area contributed by atoms with Gasteiger partial charge in [0.1, 0.15) is 5.58 Å². The Labute approximate surface area is 130 Å². The topological polar surface area (TPSA) is 42.2 Å². The lowest BCUT2D eigenvalue weighted by Crippen LogP contribution is -2.10. The van der Waals surface area contributed by atoms with Crippen LogP contribution in [0, 0.1) is 6.92 Å². The summed E-state index contributed by atoms with van der Waals surface area (Å²) in [7, 11) is 0. The van der Waals surface area contributed by atoms with Crippen molar-refractivity contribution in [2.24, 2.45) is 0 Å². The molecule has 2 aromatic carbocycles. The number of nitrogens with one attached hydrogen (secondary N) is 1. The number of rotatable bonds is 3. The molecule has 0 spiro atoms. The molecule has 1 aromatic heterocycles. The second-order valence-corrected chi connectivity index (χ2v) is 5.88. The number of fused-ring (bicyclic) bond motifs is 1. The van der Waals surface area contributed by atoms with E-state index >= 15 is 0 Å². The van der Waals surface area contributed by atoms with Crippen molar-refractivity contribution in [3.05, 3.63) is 65.4 Å². The van der Waals surface area contributed by atoms with E-state index in [1.807, 2.05) is 49.4 Å². The molecule has 1 heterocycles. The first-order chi connectivity index (χ1) is 10.5. The zero-order valence-electron chi connectivity index (χ0n) is 13.0. The van der Waals surface area contributed by atoms with Crippen molar-refractivity contribution in [2.75, 3.05) is 5.32 Å². The Hall–Kier alpha value is -2.55. The molecule has 3 nitrogen and oxygen atoms in total. The Morgan fingerprint density at radius 2 is 1.77 bits per heavy atom. The van der Waals surface area contributed by atoms with Crippen molar-refractivity contribution in [1.29, 1.82) is 0 Å². The number of hydrogen-bond acceptors (Lipinski definition) is 2. The average Bonchev–Trinajstić information content (AvgIpc) is 2.91. The van der Waals surface area contributed by atoms with Crippen LogP contribution in [0.2, 0.25) is 0 Å². The van der Waals surface area contributed by atoms with Gasteiger partial charge >= 0.3 is 0 Å². The maximum Gasteiger partial charge on any atom is 0.291 e. The van der Waals surface area contributed by atoms with Crippen LogP contribution in [-0.4, -0.2) is 5.91 Å². The van der Waals surface area contributed by atoms with Crippen LogP contribution >= 0.6 is 0 Å². The molecular weight excluding hydrogens is 274 g/mol. The fraction of sp³-hybridized carbons (Fsp3) is 0.211. The molecule has 0 atom stereocenters. The lowest BCUT2D eigenvalue weighted by Gasteiger charge is -2.07. The van der Waals surface area contributed by atoms with Gasteiger partial charge in [0.05, 0.1) is 0 Å². The van der Waals surface area contributed by atoms with Gasteiger partial charge in [0.15, 0.2) is 5.76 Å². The number of anilines is 1. The highest BCUT2D eigenvalue weighted by molar-refractivity contribution is 6.04. The van der Waals surface area contributed by atoms with E-state index in [4.69, 9.17) is 4.42 Å². The van der Waals surface area contributed by atoms with Crippen LogP contribution in [0.15, 0.2) is 52.9 Å². The first-order valence-electron chi connectivity index (χ1n) is 7.44. The van der Waals surface area contributed by atoms with Gasteiger partial charge in [0.25, 0.3) is 5.91 Å². The standard InChI is InChI=1S/C19H19NO2/c1-12(2)14-6-8-16(9-7-14)20-19(21)18-11-15-5-4-13(3)10-17(15)22-18/h4-12H,1-3H3,(H,20,21). The summed E-state index contributed by atoms with van der Waals surface area (Å²) in [4.78, 5) is 12.3. The zero-order chi connectivity index (χ0) is 15.7. The second-order valence-electron chi connectivity index (χ2n) is 5.88. The third kappa shape index (κ3) is 2.89. The smallest absolute Gasteiger partial charge is 0.291 e. The number of amides is 1. The Bertz CT molecular complexity index is 813. The van der Waals surface area contributed by atoms with E-state index in [9.17, 15) is 4.79 Å². The fourth-order valence-corrected chi connectivity index (χ4v) is 2.39. The molecule has 3 aromatic rings. The average molecular weight is 293 g/mol. The highest BCUT2D eigenvalue weighted by Crippen LogP contribution is 2.22. The van der Waals surface area contributed by atoms with Crippen LogP contribution in [0.1, 0.15) is 41.4 Å². The van der Waals surface area contributed by atoms with E-state index in [2.05, 4.69) is 19.2 Å². The molecule has 1 N–H and O–H groups in total. The molecule has 1 amide bonds. The van der Waals surface area contributed by atoms with Crippen molar-refractivity contribution in [3.63, 3.8) is 0 Å². The van der Waals surface area contributed by atoms with Gasteiger partial charge in [0.2, 0.25) is 0 Å². The number of hydrogen-bond donors (Lipinski definition) is 1. The molecule has 0 aliphatic heterocycles. The maximum atomic E-state index is 12.3. The SMILES string of the molecule is Cc1ccc2cc(C(=O)Nc3ccc(C(C)C)cc3)oc2c1. The van der Waals surface area contributed by atoms with Crippen molar-refractivity contribution in [2.45, 2.75) is 26.7 Å². The van der Waals surface area contributed by atoms with Crippen molar-refractivity contribution in [1.82, 2.24) is 0 Å². The molecule has 0 bridgehead atoms. The van der Waals surface area contributed by atoms with Gasteiger partial charge in [-0.25, -0.2) is 0 Å². The highest BCUT2D eigenvalue weighted by Gasteiger charge is 2.12. The van der Waals surface area contributed by atoms with E-state index in [-0.39, 0.29) is 5.91 Å². The summed E-state index contributed by atoms with van der Waals surface area (Å²) in [6, 6.07) is 15.6. The molecule has 0 saturated carbocycles. The largest absolute Gasteiger partial charge is 0.451 e. The number of aryl methyl sites for hydroxylation is 1. The van der Waals surface area contributed by atoms with Gasteiger partial charge in [-0.3, -0.25) is 4.79 Å². The Balaban J connectivity index is 1.80. The van der Waals surface area contributed by atoms with E-state index in [0.29, 0.717) is 11.7 Å². The Kier molecular flexibility index (Phi) is 3.72. The van der Waals surface area contributed by atoms with Crippen molar-refractivity contribution in [3.8, 4) is 0 Å². The lowest BCUT2D eigenvalue weighted by molar-refractivity contribution is 0.0998. The third-order valence-corrected chi connectivity index (χ3v) is 3.73. The quantitative estimate of drug-likeness (QED) is 0.728. The Morgan fingerprint density at radius 3 is 2.45 bits per heavy atom. The predicted molar refractivity (Wildman–Crippen MR) is 89.4 cm³/mol. The number of carbonyl (C=O) groups excluding carboxylic acids is 1.